The molecule has 0 heterocycles. The molecule has 78 valence electrons. The van der Waals surface area contributed by atoms with Crippen LogP contribution in [0, 0.1) is 11.8 Å². The van der Waals surface area contributed by atoms with E-state index in [1.807, 2.05) is 0 Å². The Kier molecular flexibility index (Phi) is 5.40. The van der Waals surface area contributed by atoms with Crippen molar-refractivity contribution < 1.29 is 9.84 Å². The molecule has 0 spiro atoms. The summed E-state index contributed by atoms with van der Waals surface area (Å²) in [5, 5.41) is 9.24. The SMILES string of the molecule is COCCCC(CO)C1CCCC1. The standard InChI is InChI=1S/C11H22O2/c1-13-8-4-7-11(9-12)10-5-2-3-6-10/h10-12H,2-9H2,1H3. The van der Waals surface area contributed by atoms with Crippen molar-refractivity contribution in [1.29, 1.82) is 0 Å². The fourth-order valence-electron chi connectivity index (χ4n) is 2.39. The monoisotopic (exact) mass is 186 g/mol. The molecule has 1 unspecified atom stereocenters. The molecule has 0 radical (unpaired) electrons. The van der Waals surface area contributed by atoms with E-state index in [1.165, 1.54) is 25.7 Å². The first kappa shape index (κ1) is 11.0. The Morgan fingerprint density at radius 1 is 1.38 bits per heavy atom. The number of rotatable bonds is 6. The second-order valence-electron chi connectivity index (χ2n) is 4.12. The van der Waals surface area contributed by atoms with Gasteiger partial charge in [0.15, 0.2) is 0 Å². The lowest BCUT2D eigenvalue weighted by Gasteiger charge is -2.20. The predicted molar refractivity (Wildman–Crippen MR) is 53.6 cm³/mol. The van der Waals surface area contributed by atoms with E-state index in [9.17, 15) is 5.11 Å². The minimum absolute atomic E-state index is 0.369. The molecule has 0 aromatic rings. The average molecular weight is 186 g/mol. The van der Waals surface area contributed by atoms with Gasteiger partial charge in [0.2, 0.25) is 0 Å². The van der Waals surface area contributed by atoms with Gasteiger partial charge in [0.25, 0.3) is 0 Å². The lowest BCUT2D eigenvalue weighted by atomic mass is 9.88. The summed E-state index contributed by atoms with van der Waals surface area (Å²) < 4.78 is 5.02. The molecule has 1 saturated carbocycles. The topological polar surface area (TPSA) is 29.5 Å². The van der Waals surface area contributed by atoms with Gasteiger partial charge in [-0.2, -0.15) is 0 Å². The highest BCUT2D eigenvalue weighted by molar-refractivity contribution is 4.74. The third-order valence-corrected chi connectivity index (χ3v) is 3.22. The summed E-state index contributed by atoms with van der Waals surface area (Å²) in [5.41, 5.74) is 0. The van der Waals surface area contributed by atoms with E-state index in [0.717, 1.165) is 25.4 Å². The van der Waals surface area contributed by atoms with Gasteiger partial charge in [-0.05, 0) is 24.7 Å². The molecule has 2 nitrogen and oxygen atoms in total. The van der Waals surface area contributed by atoms with Gasteiger partial charge in [0.05, 0.1) is 0 Å². The van der Waals surface area contributed by atoms with Crippen LogP contribution in [0.3, 0.4) is 0 Å². The molecule has 0 saturated heterocycles. The number of ether oxygens (including phenoxy) is 1. The van der Waals surface area contributed by atoms with E-state index >= 15 is 0 Å². The van der Waals surface area contributed by atoms with Crippen molar-refractivity contribution in [3.05, 3.63) is 0 Å². The summed E-state index contributed by atoms with van der Waals surface area (Å²) in [5.74, 6) is 1.33. The normalized spacial score (nSPS) is 20.8. The van der Waals surface area contributed by atoms with E-state index < -0.39 is 0 Å². The largest absolute Gasteiger partial charge is 0.396 e. The molecule has 1 rings (SSSR count). The summed E-state index contributed by atoms with van der Waals surface area (Å²) >= 11 is 0. The Labute approximate surface area is 81.3 Å². The first-order valence-electron chi connectivity index (χ1n) is 5.48. The molecule has 0 amide bonds. The molecule has 0 bridgehead atoms. The molecule has 1 atom stereocenters. The smallest absolute Gasteiger partial charge is 0.0462 e. The summed E-state index contributed by atoms with van der Waals surface area (Å²) in [6.45, 7) is 1.21. The van der Waals surface area contributed by atoms with Crippen LogP contribution in [0.25, 0.3) is 0 Å². The van der Waals surface area contributed by atoms with Gasteiger partial charge in [-0.25, -0.2) is 0 Å². The van der Waals surface area contributed by atoms with E-state index in [4.69, 9.17) is 4.74 Å². The molecule has 1 aliphatic rings. The van der Waals surface area contributed by atoms with Crippen LogP contribution >= 0.6 is 0 Å². The van der Waals surface area contributed by atoms with Gasteiger partial charge >= 0.3 is 0 Å². The molecule has 2 heteroatoms. The van der Waals surface area contributed by atoms with Crippen LogP contribution in [0.2, 0.25) is 0 Å². The lowest BCUT2D eigenvalue weighted by molar-refractivity contribution is 0.142. The zero-order valence-corrected chi connectivity index (χ0v) is 8.67. The van der Waals surface area contributed by atoms with Crippen molar-refractivity contribution in [2.45, 2.75) is 38.5 Å². The first-order chi connectivity index (χ1) is 6.38. The van der Waals surface area contributed by atoms with Crippen molar-refractivity contribution in [3.8, 4) is 0 Å². The zero-order chi connectivity index (χ0) is 9.52. The Hall–Kier alpha value is -0.0800. The van der Waals surface area contributed by atoms with Crippen molar-refractivity contribution in [2.24, 2.45) is 11.8 Å². The van der Waals surface area contributed by atoms with Crippen LogP contribution in [0.5, 0.6) is 0 Å². The Morgan fingerprint density at radius 3 is 2.62 bits per heavy atom. The molecule has 0 aromatic carbocycles. The summed E-state index contributed by atoms with van der Waals surface area (Å²) in [7, 11) is 1.74. The third-order valence-electron chi connectivity index (χ3n) is 3.22. The molecule has 1 aliphatic carbocycles. The second kappa shape index (κ2) is 6.39. The fourth-order valence-corrected chi connectivity index (χ4v) is 2.39. The average Bonchev–Trinajstić information content (AvgIpc) is 2.65. The zero-order valence-electron chi connectivity index (χ0n) is 8.67. The van der Waals surface area contributed by atoms with E-state index in [-0.39, 0.29) is 0 Å². The lowest BCUT2D eigenvalue weighted by Crippen LogP contribution is -2.16. The van der Waals surface area contributed by atoms with Crippen molar-refractivity contribution in [2.75, 3.05) is 20.3 Å². The fraction of sp³-hybridized carbons (Fsp3) is 1.00. The molecule has 0 aliphatic heterocycles. The number of aliphatic hydroxyl groups is 1. The summed E-state index contributed by atoms with van der Waals surface area (Å²) in [4.78, 5) is 0. The number of hydrogen-bond donors (Lipinski definition) is 1. The number of hydrogen-bond acceptors (Lipinski definition) is 2. The molecule has 1 fully saturated rings. The summed E-state index contributed by atoms with van der Waals surface area (Å²) in [6, 6.07) is 0. The quantitative estimate of drug-likeness (QED) is 0.644. The molecule has 13 heavy (non-hydrogen) atoms. The minimum Gasteiger partial charge on any atom is -0.396 e. The van der Waals surface area contributed by atoms with Gasteiger partial charge in [-0.1, -0.05) is 25.7 Å². The maximum Gasteiger partial charge on any atom is 0.0462 e. The highest BCUT2D eigenvalue weighted by Crippen LogP contribution is 2.33. The maximum absolute atomic E-state index is 9.24. The number of methoxy groups -OCH3 is 1. The second-order valence-corrected chi connectivity index (χ2v) is 4.12. The van der Waals surface area contributed by atoms with Gasteiger partial charge in [-0.3, -0.25) is 0 Å². The van der Waals surface area contributed by atoms with Crippen LogP contribution in [0.1, 0.15) is 38.5 Å². The Balaban J connectivity index is 2.16. The minimum atomic E-state index is 0.369. The predicted octanol–water partition coefficient (Wildman–Crippen LogP) is 2.21. The van der Waals surface area contributed by atoms with Crippen molar-refractivity contribution >= 4 is 0 Å². The van der Waals surface area contributed by atoms with Crippen LogP contribution in [0.4, 0.5) is 0 Å². The maximum atomic E-state index is 9.24. The summed E-state index contributed by atoms with van der Waals surface area (Å²) in [6.07, 6.45) is 7.63. The van der Waals surface area contributed by atoms with E-state index in [0.29, 0.717) is 12.5 Å². The van der Waals surface area contributed by atoms with Gasteiger partial charge in [0.1, 0.15) is 0 Å². The van der Waals surface area contributed by atoms with Crippen LogP contribution in [-0.4, -0.2) is 25.4 Å². The van der Waals surface area contributed by atoms with E-state index in [2.05, 4.69) is 0 Å². The van der Waals surface area contributed by atoms with Crippen LogP contribution in [-0.2, 0) is 4.74 Å². The molecule has 1 N–H and O–H groups in total. The Morgan fingerprint density at radius 2 is 2.08 bits per heavy atom. The van der Waals surface area contributed by atoms with Crippen LogP contribution in [0.15, 0.2) is 0 Å². The molecular weight excluding hydrogens is 164 g/mol. The first-order valence-corrected chi connectivity index (χ1v) is 5.48. The highest BCUT2D eigenvalue weighted by atomic mass is 16.5. The molecular formula is C11H22O2. The van der Waals surface area contributed by atoms with E-state index in [1.54, 1.807) is 7.11 Å². The molecule has 0 aromatic heterocycles. The van der Waals surface area contributed by atoms with Gasteiger partial charge in [0, 0.05) is 20.3 Å². The third kappa shape index (κ3) is 3.65. The van der Waals surface area contributed by atoms with Gasteiger partial charge in [-0.15, -0.1) is 0 Å². The van der Waals surface area contributed by atoms with Crippen molar-refractivity contribution in [3.63, 3.8) is 0 Å². The van der Waals surface area contributed by atoms with Gasteiger partial charge < -0.3 is 9.84 Å². The number of aliphatic hydroxyl groups excluding tert-OH is 1. The Bertz CT molecular complexity index is 119. The van der Waals surface area contributed by atoms with Crippen LogP contribution < -0.4 is 0 Å². The highest BCUT2D eigenvalue weighted by Gasteiger charge is 2.23. The van der Waals surface area contributed by atoms with Crippen molar-refractivity contribution in [1.82, 2.24) is 0 Å².